The Kier molecular flexibility index (Phi) is 4.42. The topological polar surface area (TPSA) is 48.0 Å². The molecule has 0 bridgehead atoms. The monoisotopic (exact) mass is 353 g/mol. The lowest BCUT2D eigenvalue weighted by molar-refractivity contribution is -0.0196. The summed E-state index contributed by atoms with van der Waals surface area (Å²) in [5.74, 6) is -2.53. The van der Waals surface area contributed by atoms with Gasteiger partial charge in [-0.15, -0.1) is 0 Å². The highest BCUT2D eigenvalue weighted by molar-refractivity contribution is 6.62. The maximum atomic E-state index is 15.0. The highest BCUT2D eigenvalue weighted by Gasteiger charge is 2.53. The normalized spacial score (nSPS) is 22.2. The van der Waals surface area contributed by atoms with Crippen LogP contribution < -0.4 is 5.46 Å². The summed E-state index contributed by atoms with van der Waals surface area (Å²) in [5.41, 5.74) is -1.88. The molecule has 2 saturated heterocycles. The van der Waals surface area contributed by atoms with Gasteiger partial charge >= 0.3 is 7.12 Å². The van der Waals surface area contributed by atoms with E-state index in [2.05, 4.69) is 0 Å². The number of amides is 1. The summed E-state index contributed by atoms with van der Waals surface area (Å²) >= 11 is 0. The van der Waals surface area contributed by atoms with Gasteiger partial charge in [-0.1, -0.05) is 6.07 Å². The molecule has 2 aliphatic rings. The van der Waals surface area contributed by atoms with Crippen molar-refractivity contribution in [2.24, 2.45) is 0 Å². The fraction of sp³-hybridized carbons (Fsp3) is 0.588. The Labute approximate surface area is 146 Å². The van der Waals surface area contributed by atoms with Crippen LogP contribution in [0.1, 0.15) is 38.1 Å². The van der Waals surface area contributed by atoms with Crippen molar-refractivity contribution in [3.8, 4) is 0 Å². The second-order valence-electron chi connectivity index (χ2n) is 7.48. The predicted molar refractivity (Wildman–Crippen MR) is 88.8 cm³/mol. The third kappa shape index (κ3) is 2.96. The molecule has 0 unspecified atom stereocenters. The van der Waals surface area contributed by atoms with E-state index in [1.165, 1.54) is 18.1 Å². The minimum atomic E-state index is -1.000. The Morgan fingerprint density at radius 2 is 1.76 bits per heavy atom. The number of carbonyl (C=O) groups excluding carboxylic acids is 1. The summed E-state index contributed by atoms with van der Waals surface area (Å²) in [5, 5.41) is 0. The van der Waals surface area contributed by atoms with Crippen LogP contribution in [0.2, 0.25) is 0 Å². The highest BCUT2D eigenvalue weighted by Crippen LogP contribution is 2.37. The lowest BCUT2D eigenvalue weighted by Crippen LogP contribution is -2.55. The molecule has 0 aromatic heterocycles. The molecule has 3 rings (SSSR count). The van der Waals surface area contributed by atoms with E-state index in [1.807, 2.05) is 27.7 Å². The maximum Gasteiger partial charge on any atom is 0.497 e. The second kappa shape index (κ2) is 6.04. The number of hydrogen-bond acceptors (Lipinski definition) is 4. The van der Waals surface area contributed by atoms with Crippen molar-refractivity contribution in [2.75, 3.05) is 20.2 Å². The number of ether oxygens (including phenoxy) is 1. The summed E-state index contributed by atoms with van der Waals surface area (Å²) in [4.78, 5) is 13.8. The molecular formula is C17H22BF2NO4. The van der Waals surface area contributed by atoms with Crippen LogP contribution in [0.5, 0.6) is 0 Å². The third-order valence-electron chi connectivity index (χ3n) is 5.31. The zero-order valence-electron chi connectivity index (χ0n) is 15.1. The fourth-order valence-corrected chi connectivity index (χ4v) is 2.83. The molecule has 0 saturated carbocycles. The number of methoxy groups -OCH3 is 1. The number of halogens is 2. The number of hydrogen-bond donors (Lipinski definition) is 0. The molecular weight excluding hydrogens is 331 g/mol. The fourth-order valence-electron chi connectivity index (χ4n) is 2.83. The molecule has 8 heteroatoms. The van der Waals surface area contributed by atoms with Crippen LogP contribution in [0, 0.1) is 11.6 Å². The first kappa shape index (κ1) is 18.3. The molecule has 1 amide bonds. The molecule has 2 aliphatic heterocycles. The standard InChI is InChI=1S/C17H22BF2NO4/c1-16(2)17(3,4)25-18(24-16)11-6-7-12(19)13(14(11)20)15(22)21-8-10(9-21)23-5/h6-7,10H,8-9H2,1-5H3. The van der Waals surface area contributed by atoms with Gasteiger partial charge in [-0.25, -0.2) is 8.78 Å². The Balaban J connectivity index is 1.90. The van der Waals surface area contributed by atoms with Crippen LogP contribution in [-0.2, 0) is 14.0 Å². The Hall–Kier alpha value is -1.51. The van der Waals surface area contributed by atoms with Gasteiger partial charge in [0.1, 0.15) is 17.2 Å². The Bertz CT molecular complexity index is 688. The van der Waals surface area contributed by atoms with Gasteiger partial charge in [-0.3, -0.25) is 4.79 Å². The summed E-state index contributed by atoms with van der Waals surface area (Å²) < 4.78 is 45.8. The summed E-state index contributed by atoms with van der Waals surface area (Å²) in [6.45, 7) is 7.98. The van der Waals surface area contributed by atoms with E-state index in [1.54, 1.807) is 0 Å². The first-order chi connectivity index (χ1) is 11.6. The first-order valence-electron chi connectivity index (χ1n) is 8.23. The lowest BCUT2D eigenvalue weighted by Gasteiger charge is -2.38. The average molecular weight is 353 g/mol. The molecule has 25 heavy (non-hydrogen) atoms. The summed E-state index contributed by atoms with van der Waals surface area (Å²) in [7, 11) is 0.535. The van der Waals surface area contributed by atoms with E-state index >= 15 is 0 Å². The molecule has 5 nitrogen and oxygen atoms in total. The molecule has 2 heterocycles. The van der Waals surface area contributed by atoms with Gasteiger partial charge < -0.3 is 18.9 Å². The van der Waals surface area contributed by atoms with Crippen molar-refractivity contribution in [3.63, 3.8) is 0 Å². The number of carbonyl (C=O) groups is 1. The van der Waals surface area contributed by atoms with Crippen LogP contribution in [0.15, 0.2) is 12.1 Å². The van der Waals surface area contributed by atoms with Gasteiger partial charge in [0.05, 0.1) is 17.3 Å². The molecule has 136 valence electrons. The minimum absolute atomic E-state index is 0.0206. The molecule has 0 atom stereocenters. The van der Waals surface area contributed by atoms with Gasteiger partial charge in [0.15, 0.2) is 0 Å². The Morgan fingerprint density at radius 3 is 2.28 bits per heavy atom. The quantitative estimate of drug-likeness (QED) is 0.777. The van der Waals surface area contributed by atoms with E-state index in [-0.39, 0.29) is 11.6 Å². The lowest BCUT2D eigenvalue weighted by atomic mass is 9.77. The van der Waals surface area contributed by atoms with Crippen LogP contribution in [0.25, 0.3) is 0 Å². The van der Waals surface area contributed by atoms with Crippen molar-refractivity contribution in [3.05, 3.63) is 29.3 Å². The van der Waals surface area contributed by atoms with Crippen molar-refractivity contribution < 1.29 is 27.6 Å². The molecule has 2 fully saturated rings. The number of likely N-dealkylation sites (tertiary alicyclic amines) is 1. The van der Waals surface area contributed by atoms with Crippen molar-refractivity contribution in [1.82, 2.24) is 4.90 Å². The highest BCUT2D eigenvalue weighted by atomic mass is 19.1. The van der Waals surface area contributed by atoms with Crippen molar-refractivity contribution >= 4 is 18.5 Å². The SMILES string of the molecule is COC1CN(C(=O)c2c(F)ccc(B3OC(C)(C)C(C)(C)O3)c2F)C1. The van der Waals surface area contributed by atoms with Crippen LogP contribution in [0.4, 0.5) is 8.78 Å². The first-order valence-corrected chi connectivity index (χ1v) is 8.23. The second-order valence-corrected chi connectivity index (χ2v) is 7.48. The number of benzene rings is 1. The molecule has 0 N–H and O–H groups in total. The largest absolute Gasteiger partial charge is 0.497 e. The van der Waals surface area contributed by atoms with Crippen LogP contribution in [0.3, 0.4) is 0 Å². The van der Waals surface area contributed by atoms with Crippen molar-refractivity contribution in [1.29, 1.82) is 0 Å². The van der Waals surface area contributed by atoms with Crippen molar-refractivity contribution in [2.45, 2.75) is 45.0 Å². The van der Waals surface area contributed by atoms with E-state index in [4.69, 9.17) is 14.0 Å². The van der Waals surface area contributed by atoms with E-state index in [0.29, 0.717) is 13.1 Å². The molecule has 1 aromatic carbocycles. The summed E-state index contributed by atoms with van der Waals surface area (Å²) in [6, 6.07) is 2.34. The number of rotatable bonds is 3. The van der Waals surface area contributed by atoms with Gasteiger partial charge in [0.2, 0.25) is 0 Å². The maximum absolute atomic E-state index is 15.0. The molecule has 0 radical (unpaired) electrons. The molecule has 0 aliphatic carbocycles. The zero-order chi connectivity index (χ0) is 18.6. The average Bonchev–Trinajstić information content (AvgIpc) is 2.66. The van der Waals surface area contributed by atoms with Crippen LogP contribution in [-0.4, -0.2) is 55.4 Å². The van der Waals surface area contributed by atoms with Gasteiger partial charge in [-0.2, -0.15) is 0 Å². The van der Waals surface area contributed by atoms with Gasteiger partial charge in [-0.05, 0) is 33.8 Å². The molecule has 1 aromatic rings. The number of nitrogens with zero attached hydrogens (tertiary/aromatic N) is 1. The third-order valence-corrected chi connectivity index (χ3v) is 5.31. The smallest absolute Gasteiger partial charge is 0.399 e. The van der Waals surface area contributed by atoms with E-state index in [9.17, 15) is 13.6 Å². The molecule has 0 spiro atoms. The van der Waals surface area contributed by atoms with Crippen LogP contribution >= 0.6 is 0 Å². The minimum Gasteiger partial charge on any atom is -0.399 e. The summed E-state index contributed by atoms with van der Waals surface area (Å²) in [6.07, 6.45) is -0.0960. The van der Waals surface area contributed by atoms with E-state index in [0.717, 1.165) is 6.07 Å². The van der Waals surface area contributed by atoms with Gasteiger partial charge in [0, 0.05) is 25.7 Å². The van der Waals surface area contributed by atoms with Gasteiger partial charge in [0.25, 0.3) is 5.91 Å². The van der Waals surface area contributed by atoms with E-state index < -0.39 is 41.4 Å². The Morgan fingerprint density at radius 1 is 1.20 bits per heavy atom. The predicted octanol–water partition coefficient (Wildman–Crippen LogP) is 1.73. The zero-order valence-corrected chi connectivity index (χ0v) is 15.1.